The van der Waals surface area contributed by atoms with Crippen molar-refractivity contribution in [2.45, 2.75) is 94.9 Å². The predicted octanol–water partition coefficient (Wildman–Crippen LogP) is 5.60. The number of unbranched alkanes of at least 4 members (excludes halogenated alkanes) is 4. The molecule has 2 heterocycles. The molecule has 2 unspecified atom stereocenters. The summed E-state index contributed by atoms with van der Waals surface area (Å²) in [6.45, 7) is 4.07. The molecule has 28 heavy (non-hydrogen) atoms. The molecule has 1 aromatic carbocycles. The molecule has 2 atom stereocenters. The second-order valence-electron chi connectivity index (χ2n) is 8.56. The van der Waals surface area contributed by atoms with Crippen molar-refractivity contribution < 1.29 is 14.6 Å². The van der Waals surface area contributed by atoms with Crippen LogP contribution in [0.15, 0.2) is 43.0 Å². The zero-order chi connectivity index (χ0) is 19.8. The van der Waals surface area contributed by atoms with Gasteiger partial charge >= 0.3 is 6.09 Å². The summed E-state index contributed by atoms with van der Waals surface area (Å²) in [6.07, 6.45) is 12.8. The lowest BCUT2D eigenvalue weighted by Gasteiger charge is -2.51. The smallest absolute Gasteiger partial charge is 0.410 e. The van der Waals surface area contributed by atoms with Crippen molar-refractivity contribution in [2.24, 2.45) is 0 Å². The molecule has 3 rings (SSSR count). The van der Waals surface area contributed by atoms with Crippen molar-refractivity contribution in [1.82, 2.24) is 4.90 Å². The summed E-state index contributed by atoms with van der Waals surface area (Å²) in [7, 11) is 0. The van der Waals surface area contributed by atoms with Gasteiger partial charge in [0.1, 0.15) is 6.61 Å². The maximum absolute atomic E-state index is 12.8. The van der Waals surface area contributed by atoms with E-state index in [2.05, 4.69) is 6.58 Å². The number of ether oxygens (including phenoxy) is 1. The van der Waals surface area contributed by atoms with Gasteiger partial charge in [0.2, 0.25) is 0 Å². The standard InChI is InChI=1S/C24H35NO3/c1-2-3-4-5-6-10-16-24(27)17-21-14-11-15-22(18-24)25(21)23(26)28-19-20-12-8-7-9-13-20/h2,7-9,12-13,21-22,27H,1,3-6,10-11,14-19H2. The van der Waals surface area contributed by atoms with E-state index in [1.54, 1.807) is 0 Å². The van der Waals surface area contributed by atoms with Crippen LogP contribution in [-0.4, -0.2) is 33.8 Å². The van der Waals surface area contributed by atoms with Crippen LogP contribution in [0.25, 0.3) is 0 Å². The third-order valence-electron chi connectivity index (χ3n) is 6.31. The van der Waals surface area contributed by atoms with Gasteiger partial charge in [-0.2, -0.15) is 0 Å². The van der Waals surface area contributed by atoms with Crippen molar-refractivity contribution in [1.29, 1.82) is 0 Å². The molecular weight excluding hydrogens is 350 g/mol. The van der Waals surface area contributed by atoms with Gasteiger partial charge in [0.25, 0.3) is 0 Å². The molecule has 2 fully saturated rings. The van der Waals surface area contributed by atoms with Crippen LogP contribution in [0.2, 0.25) is 0 Å². The Morgan fingerprint density at radius 2 is 1.82 bits per heavy atom. The van der Waals surface area contributed by atoms with E-state index in [0.29, 0.717) is 19.4 Å². The first-order valence-corrected chi connectivity index (χ1v) is 10.9. The molecule has 2 bridgehead atoms. The highest BCUT2D eigenvalue weighted by atomic mass is 16.6. The average Bonchev–Trinajstić information content (AvgIpc) is 2.69. The summed E-state index contributed by atoms with van der Waals surface area (Å²) in [4.78, 5) is 14.7. The van der Waals surface area contributed by atoms with E-state index in [1.807, 2.05) is 41.3 Å². The van der Waals surface area contributed by atoms with Crippen molar-refractivity contribution in [2.75, 3.05) is 0 Å². The summed E-state index contributed by atoms with van der Waals surface area (Å²) >= 11 is 0. The molecule has 2 aliphatic heterocycles. The zero-order valence-electron chi connectivity index (χ0n) is 17.0. The van der Waals surface area contributed by atoms with E-state index in [0.717, 1.165) is 50.5 Å². The molecule has 4 nitrogen and oxygen atoms in total. The summed E-state index contributed by atoms with van der Waals surface area (Å²) < 4.78 is 5.61. The second-order valence-corrected chi connectivity index (χ2v) is 8.56. The first kappa shape index (κ1) is 20.9. The third kappa shape index (κ3) is 5.60. The number of fused-ring (bicyclic) bond motifs is 2. The van der Waals surface area contributed by atoms with Gasteiger partial charge in [-0.15, -0.1) is 6.58 Å². The Hall–Kier alpha value is -1.81. The molecule has 4 heteroatoms. The van der Waals surface area contributed by atoms with Crippen LogP contribution in [-0.2, 0) is 11.3 Å². The SMILES string of the molecule is C=CCCCCCCC1(O)CC2CCCC(C1)N2C(=O)OCc1ccccc1. The molecule has 0 aromatic heterocycles. The van der Waals surface area contributed by atoms with Gasteiger partial charge in [-0.1, -0.05) is 55.7 Å². The molecule has 1 aromatic rings. The lowest BCUT2D eigenvalue weighted by atomic mass is 9.73. The highest BCUT2D eigenvalue weighted by Gasteiger charge is 2.47. The largest absolute Gasteiger partial charge is 0.445 e. The number of carbonyl (C=O) groups excluding carboxylic acids is 1. The van der Waals surface area contributed by atoms with Crippen molar-refractivity contribution in [3.63, 3.8) is 0 Å². The third-order valence-corrected chi connectivity index (χ3v) is 6.31. The monoisotopic (exact) mass is 385 g/mol. The fraction of sp³-hybridized carbons (Fsp3) is 0.625. The van der Waals surface area contributed by atoms with E-state index in [9.17, 15) is 9.90 Å². The van der Waals surface area contributed by atoms with Crippen LogP contribution in [0.3, 0.4) is 0 Å². The molecule has 1 N–H and O–H groups in total. The van der Waals surface area contributed by atoms with Crippen molar-refractivity contribution >= 4 is 6.09 Å². The molecule has 154 valence electrons. The van der Waals surface area contributed by atoms with Crippen LogP contribution < -0.4 is 0 Å². The number of amides is 1. The summed E-state index contributed by atoms with van der Waals surface area (Å²) in [5.41, 5.74) is 0.385. The normalized spacial score (nSPS) is 26.7. The molecule has 1 amide bonds. The summed E-state index contributed by atoms with van der Waals surface area (Å²) in [5, 5.41) is 11.2. The van der Waals surface area contributed by atoms with Crippen LogP contribution >= 0.6 is 0 Å². The number of piperidine rings is 2. The van der Waals surface area contributed by atoms with Crippen LogP contribution in [0, 0.1) is 0 Å². The Bertz CT molecular complexity index is 616. The maximum Gasteiger partial charge on any atom is 0.410 e. The summed E-state index contributed by atoms with van der Waals surface area (Å²) in [6, 6.07) is 10.0. The minimum atomic E-state index is -0.621. The quantitative estimate of drug-likeness (QED) is 0.445. The molecule has 2 saturated heterocycles. The lowest BCUT2D eigenvalue weighted by Crippen LogP contribution is -2.59. The Kier molecular flexibility index (Phi) is 7.55. The van der Waals surface area contributed by atoms with Crippen LogP contribution in [0.4, 0.5) is 4.79 Å². The number of hydrogen-bond donors (Lipinski definition) is 1. The Balaban J connectivity index is 1.50. The molecule has 0 spiro atoms. The zero-order valence-corrected chi connectivity index (χ0v) is 17.0. The van der Waals surface area contributed by atoms with E-state index in [-0.39, 0.29) is 18.2 Å². The fourth-order valence-electron chi connectivity index (χ4n) is 4.92. The fourth-order valence-corrected chi connectivity index (χ4v) is 4.92. The van der Waals surface area contributed by atoms with Gasteiger partial charge in [-0.05, 0) is 56.9 Å². The Morgan fingerprint density at radius 1 is 1.14 bits per heavy atom. The number of benzene rings is 1. The highest BCUT2D eigenvalue weighted by molar-refractivity contribution is 5.69. The van der Waals surface area contributed by atoms with Gasteiger partial charge in [0, 0.05) is 12.1 Å². The van der Waals surface area contributed by atoms with E-state index < -0.39 is 5.60 Å². The summed E-state index contributed by atoms with van der Waals surface area (Å²) in [5.74, 6) is 0. The van der Waals surface area contributed by atoms with Gasteiger partial charge in [-0.25, -0.2) is 4.79 Å². The first-order chi connectivity index (χ1) is 13.6. The average molecular weight is 386 g/mol. The van der Waals surface area contributed by atoms with Gasteiger partial charge in [0.15, 0.2) is 0 Å². The van der Waals surface area contributed by atoms with Crippen LogP contribution in [0.5, 0.6) is 0 Å². The van der Waals surface area contributed by atoms with E-state index in [1.165, 1.54) is 12.8 Å². The minimum Gasteiger partial charge on any atom is -0.445 e. The van der Waals surface area contributed by atoms with E-state index in [4.69, 9.17) is 4.74 Å². The molecule has 0 radical (unpaired) electrons. The predicted molar refractivity (Wildman–Crippen MR) is 112 cm³/mol. The van der Waals surface area contributed by atoms with Crippen molar-refractivity contribution in [3.05, 3.63) is 48.6 Å². The molecular formula is C24H35NO3. The first-order valence-electron chi connectivity index (χ1n) is 10.9. The Morgan fingerprint density at radius 3 is 2.50 bits per heavy atom. The van der Waals surface area contributed by atoms with Crippen LogP contribution in [0.1, 0.15) is 76.2 Å². The number of aliphatic hydroxyl groups is 1. The second kappa shape index (κ2) is 10.1. The lowest BCUT2D eigenvalue weighted by molar-refractivity contribution is -0.0899. The Labute approximate surface area is 169 Å². The van der Waals surface area contributed by atoms with Crippen molar-refractivity contribution in [3.8, 4) is 0 Å². The number of hydrogen-bond acceptors (Lipinski definition) is 3. The van der Waals surface area contributed by atoms with E-state index >= 15 is 0 Å². The van der Waals surface area contributed by atoms with Gasteiger partial charge < -0.3 is 14.7 Å². The van der Waals surface area contributed by atoms with Gasteiger partial charge in [-0.3, -0.25) is 0 Å². The highest BCUT2D eigenvalue weighted by Crippen LogP contribution is 2.41. The van der Waals surface area contributed by atoms with Gasteiger partial charge in [0.05, 0.1) is 5.60 Å². The minimum absolute atomic E-state index is 0.113. The molecule has 0 aliphatic carbocycles. The maximum atomic E-state index is 12.8. The number of carbonyl (C=O) groups is 1. The number of nitrogens with zero attached hydrogens (tertiary/aromatic N) is 1. The topological polar surface area (TPSA) is 49.8 Å². The molecule has 0 saturated carbocycles. The number of rotatable bonds is 9. The number of allylic oxidation sites excluding steroid dienone is 1. The molecule has 2 aliphatic rings.